The van der Waals surface area contributed by atoms with Gasteiger partial charge in [-0.25, -0.2) is 13.4 Å². The van der Waals surface area contributed by atoms with Crippen molar-refractivity contribution in [3.63, 3.8) is 0 Å². The largest absolute Gasteiger partial charge is 0.497 e. The third-order valence-electron chi connectivity index (χ3n) is 5.76. The van der Waals surface area contributed by atoms with Gasteiger partial charge >= 0.3 is 0 Å². The normalized spacial score (nSPS) is 15.4. The minimum Gasteiger partial charge on any atom is -0.497 e. The van der Waals surface area contributed by atoms with E-state index in [0.29, 0.717) is 17.0 Å². The van der Waals surface area contributed by atoms with Crippen molar-refractivity contribution < 1.29 is 17.9 Å². The highest BCUT2D eigenvalue weighted by atomic mass is 32.2. The summed E-state index contributed by atoms with van der Waals surface area (Å²) < 4.78 is 31.4. The summed E-state index contributed by atoms with van der Waals surface area (Å²) in [6.07, 6.45) is 2.01. The van der Waals surface area contributed by atoms with E-state index < -0.39 is 10.0 Å². The number of hydrogen-bond donors (Lipinski definition) is 2. The molecule has 2 N–H and O–H groups in total. The van der Waals surface area contributed by atoms with Crippen molar-refractivity contribution >= 4 is 27.3 Å². The fourth-order valence-corrected chi connectivity index (χ4v) is 4.44. The Kier molecular flexibility index (Phi) is 6.61. The van der Waals surface area contributed by atoms with Gasteiger partial charge in [0.1, 0.15) is 5.75 Å². The van der Waals surface area contributed by atoms with Crippen molar-refractivity contribution in [3.8, 4) is 5.75 Å². The highest BCUT2D eigenvalue weighted by Gasteiger charge is 2.32. The van der Waals surface area contributed by atoms with E-state index in [2.05, 4.69) is 10.1 Å². The number of rotatable bonds is 7. The van der Waals surface area contributed by atoms with Gasteiger partial charge in [-0.1, -0.05) is 36.4 Å². The fourth-order valence-electron chi connectivity index (χ4n) is 3.80. The van der Waals surface area contributed by atoms with Gasteiger partial charge in [-0.3, -0.25) is 14.9 Å². The number of nitrogens with zero attached hydrogens (tertiary/aromatic N) is 1. The van der Waals surface area contributed by atoms with Crippen molar-refractivity contribution in [1.29, 1.82) is 0 Å². The number of methoxy groups -OCH3 is 1. The molecule has 1 amide bonds. The number of hydrazine groups is 1. The molecule has 7 nitrogen and oxygen atoms in total. The Balaban J connectivity index is 1.66. The summed E-state index contributed by atoms with van der Waals surface area (Å²) in [5, 5.41) is 1.62. The molecule has 0 fully saturated rings. The Labute approximate surface area is 200 Å². The maximum absolute atomic E-state index is 13.5. The standard InChI is InChI=1S/C26H27N3O4S/c1-4-34(31,32)28-21-13-9-19(10-14-21)24-17-25(23-8-6-5-7-18(23)2)29(27-24)26(30)20-11-15-22(33-3)16-12-20/h5-17,25,27-28H,4H2,1-3H3. The summed E-state index contributed by atoms with van der Waals surface area (Å²) in [5.41, 5.74) is 7.97. The number of carbonyl (C=O) groups excluding carboxylic acids is 1. The number of aryl methyl sites for hydroxylation is 1. The molecule has 8 heteroatoms. The van der Waals surface area contributed by atoms with E-state index in [9.17, 15) is 13.2 Å². The Morgan fingerprint density at radius 2 is 1.71 bits per heavy atom. The first-order valence-corrected chi connectivity index (χ1v) is 12.6. The van der Waals surface area contributed by atoms with Crippen molar-refractivity contribution in [1.82, 2.24) is 10.4 Å². The van der Waals surface area contributed by atoms with E-state index >= 15 is 0 Å². The van der Waals surface area contributed by atoms with Gasteiger partial charge < -0.3 is 4.74 Å². The molecule has 1 aliphatic rings. The molecule has 176 valence electrons. The summed E-state index contributed by atoms with van der Waals surface area (Å²) in [6, 6.07) is 21.7. The lowest BCUT2D eigenvalue weighted by molar-refractivity contribution is 0.0672. The summed E-state index contributed by atoms with van der Waals surface area (Å²) >= 11 is 0. The molecule has 0 saturated heterocycles. The molecule has 0 bridgehead atoms. The maximum atomic E-state index is 13.5. The minimum atomic E-state index is -3.35. The second-order valence-corrected chi connectivity index (χ2v) is 9.99. The van der Waals surface area contributed by atoms with Gasteiger partial charge in [-0.2, -0.15) is 0 Å². The van der Waals surface area contributed by atoms with Gasteiger partial charge in [-0.15, -0.1) is 0 Å². The van der Waals surface area contributed by atoms with Crippen LogP contribution in [0.1, 0.15) is 40.0 Å². The molecule has 1 unspecified atom stereocenters. The first-order chi connectivity index (χ1) is 16.3. The maximum Gasteiger partial charge on any atom is 0.273 e. The van der Waals surface area contributed by atoms with Gasteiger partial charge in [0.15, 0.2) is 0 Å². The van der Waals surface area contributed by atoms with Crippen molar-refractivity contribution in [2.45, 2.75) is 19.9 Å². The highest BCUT2D eigenvalue weighted by Crippen LogP contribution is 2.34. The van der Waals surface area contributed by atoms with Crippen LogP contribution < -0.4 is 14.9 Å². The number of ether oxygens (including phenoxy) is 1. The summed E-state index contributed by atoms with van der Waals surface area (Å²) in [5.74, 6) is 0.510. The highest BCUT2D eigenvalue weighted by molar-refractivity contribution is 7.92. The van der Waals surface area contributed by atoms with E-state index in [1.807, 2.05) is 49.4 Å². The van der Waals surface area contributed by atoms with Crippen molar-refractivity contribution in [2.75, 3.05) is 17.6 Å². The second-order valence-electron chi connectivity index (χ2n) is 7.98. The molecule has 0 aromatic heterocycles. The topological polar surface area (TPSA) is 87.7 Å². The molecule has 0 radical (unpaired) electrons. The quantitative estimate of drug-likeness (QED) is 0.523. The van der Waals surface area contributed by atoms with Crippen LogP contribution in [0.3, 0.4) is 0 Å². The summed E-state index contributed by atoms with van der Waals surface area (Å²) in [4.78, 5) is 13.5. The van der Waals surface area contributed by atoms with Crippen LogP contribution in [0.25, 0.3) is 5.70 Å². The van der Waals surface area contributed by atoms with E-state index in [-0.39, 0.29) is 17.7 Å². The number of nitrogens with one attached hydrogen (secondary N) is 2. The van der Waals surface area contributed by atoms with Gasteiger partial charge in [0.05, 0.1) is 24.6 Å². The summed E-state index contributed by atoms with van der Waals surface area (Å²) in [7, 11) is -1.77. The van der Waals surface area contributed by atoms with Gasteiger partial charge in [0.25, 0.3) is 5.91 Å². The number of anilines is 1. The Bertz CT molecular complexity index is 1320. The molecule has 3 aromatic rings. The van der Waals surface area contributed by atoms with E-state index in [4.69, 9.17) is 4.74 Å². The Morgan fingerprint density at radius 1 is 1.03 bits per heavy atom. The predicted molar refractivity (Wildman–Crippen MR) is 134 cm³/mol. The Morgan fingerprint density at radius 3 is 2.32 bits per heavy atom. The SMILES string of the molecule is CCS(=O)(=O)Nc1ccc(C2=CC(c3ccccc3C)N(C(=O)c3ccc(OC)cc3)N2)cc1. The molecule has 0 saturated carbocycles. The lowest BCUT2D eigenvalue weighted by Gasteiger charge is -2.26. The third-order valence-corrected chi connectivity index (χ3v) is 7.06. The monoisotopic (exact) mass is 477 g/mol. The molecule has 0 aliphatic carbocycles. The van der Waals surface area contributed by atoms with Crippen LogP contribution in [0.15, 0.2) is 78.9 Å². The van der Waals surface area contributed by atoms with Crippen LogP contribution in [0, 0.1) is 6.92 Å². The zero-order valence-corrected chi connectivity index (χ0v) is 20.1. The van der Waals surface area contributed by atoms with Crippen LogP contribution in [-0.2, 0) is 10.0 Å². The Hall–Kier alpha value is -3.78. The molecule has 4 rings (SSSR count). The summed E-state index contributed by atoms with van der Waals surface area (Å²) in [6.45, 7) is 3.61. The van der Waals surface area contributed by atoms with E-state index in [1.54, 1.807) is 55.4 Å². The second kappa shape index (κ2) is 9.61. The van der Waals surface area contributed by atoms with Gasteiger partial charge in [0.2, 0.25) is 10.0 Å². The van der Waals surface area contributed by atoms with Crippen molar-refractivity contribution in [3.05, 3.63) is 101 Å². The zero-order valence-electron chi connectivity index (χ0n) is 19.3. The minimum absolute atomic E-state index is 0.00198. The zero-order chi connectivity index (χ0) is 24.3. The van der Waals surface area contributed by atoms with Crippen molar-refractivity contribution in [2.24, 2.45) is 0 Å². The molecule has 1 aliphatic heterocycles. The fraction of sp³-hybridized carbons (Fsp3) is 0.192. The van der Waals surface area contributed by atoms with Crippen LogP contribution in [0.4, 0.5) is 5.69 Å². The number of amides is 1. The molecular weight excluding hydrogens is 450 g/mol. The van der Waals surface area contributed by atoms with Crippen LogP contribution in [0.2, 0.25) is 0 Å². The average molecular weight is 478 g/mol. The van der Waals surface area contributed by atoms with E-state index in [0.717, 1.165) is 22.4 Å². The van der Waals surface area contributed by atoms with Crippen LogP contribution >= 0.6 is 0 Å². The first-order valence-electron chi connectivity index (χ1n) is 10.9. The average Bonchev–Trinajstić information content (AvgIpc) is 3.29. The van der Waals surface area contributed by atoms with Gasteiger partial charge in [0, 0.05) is 11.3 Å². The number of hydrogen-bond acceptors (Lipinski definition) is 5. The number of sulfonamides is 1. The van der Waals surface area contributed by atoms with Gasteiger partial charge in [-0.05, 0) is 73.0 Å². The molecule has 34 heavy (non-hydrogen) atoms. The number of benzene rings is 3. The lowest BCUT2D eigenvalue weighted by atomic mass is 9.99. The smallest absolute Gasteiger partial charge is 0.273 e. The lowest BCUT2D eigenvalue weighted by Crippen LogP contribution is -2.39. The van der Waals surface area contributed by atoms with E-state index in [1.165, 1.54) is 0 Å². The molecule has 1 atom stereocenters. The molecule has 1 heterocycles. The molecule has 3 aromatic carbocycles. The number of carbonyl (C=O) groups is 1. The predicted octanol–water partition coefficient (Wildman–Crippen LogP) is 4.51. The third kappa shape index (κ3) is 4.92. The van der Waals surface area contributed by atoms with Crippen LogP contribution in [-0.4, -0.2) is 32.2 Å². The molecular formula is C26H27N3O4S. The molecule has 0 spiro atoms. The first kappa shape index (κ1) is 23.4. The van der Waals surface area contributed by atoms with Crippen LogP contribution in [0.5, 0.6) is 5.75 Å².